The van der Waals surface area contributed by atoms with Gasteiger partial charge in [-0.25, -0.2) is 8.42 Å². The summed E-state index contributed by atoms with van der Waals surface area (Å²) in [5, 5.41) is 2.61. The van der Waals surface area contributed by atoms with Crippen molar-refractivity contribution in [1.82, 2.24) is 9.21 Å². The number of anilines is 1. The molecule has 3 rings (SSSR count). The van der Waals surface area contributed by atoms with Gasteiger partial charge in [-0.1, -0.05) is 12.2 Å². The summed E-state index contributed by atoms with van der Waals surface area (Å²) in [6.45, 7) is 3.21. The average Bonchev–Trinajstić information content (AvgIpc) is 2.93. The molecular formula is C20H25N3O5S. The summed E-state index contributed by atoms with van der Waals surface area (Å²) < 4.78 is 26.2. The third kappa shape index (κ3) is 4.11. The highest BCUT2D eigenvalue weighted by atomic mass is 32.2. The fourth-order valence-electron chi connectivity index (χ4n) is 3.52. The van der Waals surface area contributed by atoms with E-state index < -0.39 is 15.9 Å². The molecular weight excluding hydrogens is 394 g/mol. The minimum atomic E-state index is -3.61. The summed E-state index contributed by atoms with van der Waals surface area (Å²) in [7, 11) is -2.10. The maximum Gasteiger partial charge on any atom is 0.244 e. The van der Waals surface area contributed by atoms with E-state index in [1.54, 1.807) is 13.8 Å². The second kappa shape index (κ2) is 8.08. The SMILES string of the molecule is CC(C)N(C)S(=O)(=O)c1ccc(NC(=O)CN2C(=O)[C@H]3CC=CC[C@@H]3C2=O)cc1. The van der Waals surface area contributed by atoms with Crippen LogP contribution in [0.5, 0.6) is 0 Å². The monoisotopic (exact) mass is 419 g/mol. The number of allylic oxidation sites excluding steroid dienone is 2. The number of hydrogen-bond donors (Lipinski definition) is 1. The largest absolute Gasteiger partial charge is 0.325 e. The van der Waals surface area contributed by atoms with Crippen LogP contribution in [0.25, 0.3) is 0 Å². The highest BCUT2D eigenvalue weighted by Gasteiger charge is 2.47. The number of carbonyl (C=O) groups excluding carboxylic acids is 3. The summed E-state index contributed by atoms with van der Waals surface area (Å²) >= 11 is 0. The van der Waals surface area contributed by atoms with Crippen LogP contribution in [-0.2, 0) is 24.4 Å². The van der Waals surface area contributed by atoms with Gasteiger partial charge in [0.2, 0.25) is 27.7 Å². The average molecular weight is 420 g/mol. The summed E-state index contributed by atoms with van der Waals surface area (Å²) in [5.74, 6) is -1.87. The highest BCUT2D eigenvalue weighted by Crippen LogP contribution is 2.34. The first kappa shape index (κ1) is 21.2. The molecule has 1 aliphatic heterocycles. The van der Waals surface area contributed by atoms with Gasteiger partial charge in [0.25, 0.3) is 0 Å². The lowest BCUT2D eigenvalue weighted by Gasteiger charge is -2.21. The zero-order valence-electron chi connectivity index (χ0n) is 16.7. The molecule has 1 aromatic rings. The smallest absolute Gasteiger partial charge is 0.244 e. The molecule has 1 aliphatic carbocycles. The number of benzene rings is 1. The lowest BCUT2D eigenvalue weighted by molar-refractivity contribution is -0.142. The van der Waals surface area contributed by atoms with E-state index in [0.717, 1.165) is 4.90 Å². The standard InChI is InChI=1S/C20H25N3O5S/c1-13(2)22(3)29(27,28)15-10-8-14(9-11-15)21-18(24)12-23-19(25)16-6-4-5-7-17(16)20(23)26/h4-5,8-11,13,16-17H,6-7,12H2,1-3H3,(H,21,24)/t16-,17-/m0/s1. The van der Waals surface area contributed by atoms with Crippen LogP contribution in [0.4, 0.5) is 5.69 Å². The predicted octanol–water partition coefficient (Wildman–Crippen LogP) is 1.61. The third-order valence-electron chi connectivity index (χ3n) is 5.44. The molecule has 0 unspecified atom stereocenters. The summed E-state index contributed by atoms with van der Waals surface area (Å²) in [6.07, 6.45) is 4.83. The van der Waals surface area contributed by atoms with Crippen molar-refractivity contribution < 1.29 is 22.8 Å². The Morgan fingerprint density at radius 3 is 2.10 bits per heavy atom. The molecule has 1 heterocycles. The van der Waals surface area contributed by atoms with Gasteiger partial charge in [0.1, 0.15) is 6.54 Å². The van der Waals surface area contributed by atoms with Crippen LogP contribution in [0, 0.1) is 11.8 Å². The second-order valence-electron chi connectivity index (χ2n) is 7.61. The summed E-state index contributed by atoms with van der Waals surface area (Å²) in [4.78, 5) is 38.3. The number of imide groups is 1. The van der Waals surface area contributed by atoms with Crippen LogP contribution in [-0.4, -0.2) is 55.0 Å². The number of nitrogens with zero attached hydrogens (tertiary/aromatic N) is 2. The zero-order valence-corrected chi connectivity index (χ0v) is 17.5. The molecule has 3 amide bonds. The fraction of sp³-hybridized carbons (Fsp3) is 0.450. The molecule has 9 heteroatoms. The van der Waals surface area contributed by atoms with Gasteiger partial charge in [0.15, 0.2) is 0 Å². The van der Waals surface area contributed by atoms with Crippen LogP contribution < -0.4 is 5.32 Å². The predicted molar refractivity (Wildman–Crippen MR) is 107 cm³/mol. The Labute approximate surface area is 170 Å². The van der Waals surface area contributed by atoms with Crippen LogP contribution in [0.3, 0.4) is 0 Å². The number of amides is 3. The molecule has 2 atom stereocenters. The van der Waals surface area contributed by atoms with Gasteiger partial charge >= 0.3 is 0 Å². The van der Waals surface area contributed by atoms with Crippen LogP contribution in [0.15, 0.2) is 41.3 Å². The van der Waals surface area contributed by atoms with E-state index >= 15 is 0 Å². The normalized spacial score (nSPS) is 21.8. The molecule has 0 saturated carbocycles. The Kier molecular flexibility index (Phi) is 5.90. The lowest BCUT2D eigenvalue weighted by atomic mass is 9.85. The third-order valence-corrected chi connectivity index (χ3v) is 7.49. The molecule has 1 N–H and O–H groups in total. The fourth-order valence-corrected chi connectivity index (χ4v) is 4.89. The molecule has 0 bridgehead atoms. The minimum absolute atomic E-state index is 0.119. The van der Waals surface area contributed by atoms with E-state index in [9.17, 15) is 22.8 Å². The highest BCUT2D eigenvalue weighted by molar-refractivity contribution is 7.89. The Hall–Kier alpha value is -2.52. The number of carbonyl (C=O) groups is 3. The van der Waals surface area contributed by atoms with E-state index in [0.29, 0.717) is 18.5 Å². The van der Waals surface area contributed by atoms with E-state index in [1.807, 2.05) is 12.2 Å². The number of likely N-dealkylation sites (tertiary alicyclic amines) is 1. The molecule has 1 aromatic carbocycles. The Bertz CT molecular complexity index is 927. The topological polar surface area (TPSA) is 104 Å². The van der Waals surface area contributed by atoms with E-state index in [2.05, 4.69) is 5.32 Å². The van der Waals surface area contributed by atoms with Crippen molar-refractivity contribution in [2.75, 3.05) is 18.9 Å². The number of rotatable bonds is 6. The van der Waals surface area contributed by atoms with Crippen molar-refractivity contribution in [3.8, 4) is 0 Å². The summed E-state index contributed by atoms with van der Waals surface area (Å²) in [6, 6.07) is 5.60. The first-order chi connectivity index (χ1) is 13.6. The van der Waals surface area contributed by atoms with Crippen molar-refractivity contribution in [2.24, 2.45) is 11.8 Å². The van der Waals surface area contributed by atoms with Gasteiger partial charge in [0.05, 0.1) is 16.7 Å². The Morgan fingerprint density at radius 2 is 1.62 bits per heavy atom. The zero-order chi connectivity index (χ0) is 21.3. The van der Waals surface area contributed by atoms with Crippen molar-refractivity contribution in [3.05, 3.63) is 36.4 Å². The molecule has 0 radical (unpaired) electrons. The Balaban J connectivity index is 1.64. The minimum Gasteiger partial charge on any atom is -0.325 e. The van der Waals surface area contributed by atoms with Crippen molar-refractivity contribution in [2.45, 2.75) is 37.6 Å². The number of fused-ring (bicyclic) bond motifs is 1. The summed E-state index contributed by atoms with van der Waals surface area (Å²) in [5.41, 5.74) is 0.388. The van der Waals surface area contributed by atoms with Crippen molar-refractivity contribution in [3.63, 3.8) is 0 Å². The van der Waals surface area contributed by atoms with Gasteiger partial charge < -0.3 is 5.32 Å². The van der Waals surface area contributed by atoms with Crippen LogP contribution in [0.1, 0.15) is 26.7 Å². The number of hydrogen-bond acceptors (Lipinski definition) is 5. The molecule has 1 fully saturated rings. The quantitative estimate of drug-likeness (QED) is 0.557. The van der Waals surface area contributed by atoms with Crippen LogP contribution in [0.2, 0.25) is 0 Å². The van der Waals surface area contributed by atoms with Gasteiger partial charge in [-0.2, -0.15) is 4.31 Å². The first-order valence-electron chi connectivity index (χ1n) is 9.51. The number of nitrogens with one attached hydrogen (secondary N) is 1. The lowest BCUT2D eigenvalue weighted by Crippen LogP contribution is -2.38. The van der Waals surface area contributed by atoms with E-state index in [-0.39, 0.29) is 41.1 Å². The molecule has 8 nitrogen and oxygen atoms in total. The van der Waals surface area contributed by atoms with Crippen molar-refractivity contribution >= 4 is 33.4 Å². The molecule has 1 saturated heterocycles. The van der Waals surface area contributed by atoms with Gasteiger partial charge in [-0.05, 0) is 51.0 Å². The van der Waals surface area contributed by atoms with E-state index in [4.69, 9.17) is 0 Å². The van der Waals surface area contributed by atoms with Crippen molar-refractivity contribution in [1.29, 1.82) is 0 Å². The Morgan fingerprint density at radius 1 is 1.10 bits per heavy atom. The molecule has 0 spiro atoms. The second-order valence-corrected chi connectivity index (χ2v) is 9.60. The first-order valence-corrected chi connectivity index (χ1v) is 10.9. The molecule has 156 valence electrons. The maximum atomic E-state index is 12.5. The molecule has 0 aromatic heterocycles. The number of sulfonamides is 1. The van der Waals surface area contributed by atoms with Gasteiger partial charge in [0, 0.05) is 18.8 Å². The molecule has 29 heavy (non-hydrogen) atoms. The van der Waals surface area contributed by atoms with Gasteiger partial charge in [-0.15, -0.1) is 0 Å². The van der Waals surface area contributed by atoms with Gasteiger partial charge in [-0.3, -0.25) is 19.3 Å². The van der Waals surface area contributed by atoms with E-state index in [1.165, 1.54) is 35.6 Å². The van der Waals surface area contributed by atoms with Crippen LogP contribution >= 0.6 is 0 Å². The molecule has 2 aliphatic rings. The maximum absolute atomic E-state index is 12.5.